The van der Waals surface area contributed by atoms with E-state index in [9.17, 15) is 0 Å². The summed E-state index contributed by atoms with van der Waals surface area (Å²) in [5.74, 6) is 1.89. The number of hydrogen-bond acceptors (Lipinski definition) is 5. The molecule has 5 nitrogen and oxygen atoms in total. The maximum Gasteiger partial charge on any atom is 0.243 e. The van der Waals surface area contributed by atoms with Gasteiger partial charge in [0, 0.05) is 21.4 Å². The summed E-state index contributed by atoms with van der Waals surface area (Å²) in [6.45, 7) is 3.83. The fourth-order valence-electron chi connectivity index (χ4n) is 2.16. The molecule has 0 unspecified atom stereocenters. The number of aromatic nitrogens is 2. The molecule has 0 bridgehead atoms. The Bertz CT molecular complexity index is 837. The van der Waals surface area contributed by atoms with Gasteiger partial charge in [-0.25, -0.2) is 15.4 Å². The zero-order valence-electron chi connectivity index (χ0n) is 12.7. The molecule has 0 saturated heterocycles. The van der Waals surface area contributed by atoms with E-state index < -0.39 is 0 Å². The van der Waals surface area contributed by atoms with Gasteiger partial charge in [-0.3, -0.25) is 0 Å². The zero-order valence-corrected chi connectivity index (χ0v) is 14.3. The molecule has 3 rings (SSSR count). The number of rotatable bonds is 4. The minimum Gasteiger partial charge on any atom is -0.455 e. The summed E-state index contributed by atoms with van der Waals surface area (Å²) in [5, 5.41) is 4.12. The Balaban J connectivity index is 1.73. The molecule has 3 aromatic rings. The van der Waals surface area contributed by atoms with Crippen LogP contribution in [0.15, 0.2) is 56.5 Å². The third-order valence-electron chi connectivity index (χ3n) is 3.10. The second kappa shape index (κ2) is 6.75. The number of furan rings is 1. The lowest BCUT2D eigenvalue weighted by atomic mass is 10.2. The maximum absolute atomic E-state index is 5.78. The lowest BCUT2D eigenvalue weighted by Gasteiger charge is -2.01. The van der Waals surface area contributed by atoms with Crippen molar-refractivity contribution in [2.75, 3.05) is 5.43 Å². The fourth-order valence-corrected chi connectivity index (χ4v) is 2.64. The van der Waals surface area contributed by atoms with E-state index in [2.05, 4.69) is 36.4 Å². The van der Waals surface area contributed by atoms with Gasteiger partial charge in [0.1, 0.15) is 11.5 Å². The second-order valence-corrected chi connectivity index (χ2v) is 5.88. The number of nitrogens with one attached hydrogen (secondary N) is 1. The van der Waals surface area contributed by atoms with Crippen LogP contribution in [0, 0.1) is 13.8 Å². The molecule has 0 amide bonds. The van der Waals surface area contributed by atoms with Gasteiger partial charge < -0.3 is 4.42 Å². The molecule has 116 valence electrons. The van der Waals surface area contributed by atoms with Gasteiger partial charge in [0.25, 0.3) is 0 Å². The van der Waals surface area contributed by atoms with Gasteiger partial charge in [0.05, 0.1) is 6.21 Å². The van der Waals surface area contributed by atoms with Crippen LogP contribution in [-0.4, -0.2) is 16.2 Å². The van der Waals surface area contributed by atoms with Crippen molar-refractivity contribution in [1.82, 2.24) is 9.97 Å². The van der Waals surface area contributed by atoms with Gasteiger partial charge in [-0.2, -0.15) is 5.10 Å². The minimum absolute atomic E-state index is 0.469. The Morgan fingerprint density at radius 2 is 1.83 bits per heavy atom. The van der Waals surface area contributed by atoms with Crippen molar-refractivity contribution in [1.29, 1.82) is 0 Å². The topological polar surface area (TPSA) is 63.3 Å². The SMILES string of the molecule is Cc1cc(C)nc(NN=Cc2ccc(-c3ccccc3Br)o2)n1. The summed E-state index contributed by atoms with van der Waals surface area (Å²) < 4.78 is 6.76. The Kier molecular flexibility index (Phi) is 4.52. The van der Waals surface area contributed by atoms with Crippen LogP contribution in [0.5, 0.6) is 0 Å². The molecule has 1 aromatic carbocycles. The van der Waals surface area contributed by atoms with Gasteiger partial charge in [-0.1, -0.05) is 34.1 Å². The first kappa shape index (κ1) is 15.4. The fraction of sp³-hybridized carbons (Fsp3) is 0.118. The Hall–Kier alpha value is -2.47. The normalized spacial score (nSPS) is 11.1. The third kappa shape index (κ3) is 3.84. The van der Waals surface area contributed by atoms with E-state index in [1.54, 1.807) is 6.21 Å². The number of aryl methyl sites for hydroxylation is 2. The van der Waals surface area contributed by atoms with Crippen LogP contribution in [0.25, 0.3) is 11.3 Å². The van der Waals surface area contributed by atoms with E-state index in [1.807, 2.05) is 56.3 Å². The Morgan fingerprint density at radius 1 is 1.09 bits per heavy atom. The highest BCUT2D eigenvalue weighted by Gasteiger charge is 2.06. The van der Waals surface area contributed by atoms with E-state index in [-0.39, 0.29) is 0 Å². The number of benzene rings is 1. The van der Waals surface area contributed by atoms with Crippen molar-refractivity contribution in [2.45, 2.75) is 13.8 Å². The lowest BCUT2D eigenvalue weighted by Crippen LogP contribution is -1.99. The molecule has 0 fully saturated rings. The van der Waals surface area contributed by atoms with Crippen molar-refractivity contribution in [3.63, 3.8) is 0 Å². The number of nitrogens with zero attached hydrogens (tertiary/aromatic N) is 3. The molecule has 2 aromatic heterocycles. The summed E-state index contributed by atoms with van der Waals surface area (Å²) in [7, 11) is 0. The smallest absolute Gasteiger partial charge is 0.243 e. The number of anilines is 1. The Morgan fingerprint density at radius 3 is 2.57 bits per heavy atom. The van der Waals surface area contributed by atoms with Gasteiger partial charge in [0.15, 0.2) is 0 Å². The molecular formula is C17H15BrN4O. The number of halogens is 1. The molecule has 23 heavy (non-hydrogen) atoms. The predicted molar refractivity (Wildman–Crippen MR) is 94.6 cm³/mol. The first-order valence-electron chi connectivity index (χ1n) is 7.08. The lowest BCUT2D eigenvalue weighted by molar-refractivity contribution is 0.574. The largest absolute Gasteiger partial charge is 0.455 e. The highest BCUT2D eigenvalue weighted by Crippen LogP contribution is 2.28. The third-order valence-corrected chi connectivity index (χ3v) is 3.80. The first-order valence-corrected chi connectivity index (χ1v) is 7.87. The molecule has 0 saturated carbocycles. The van der Waals surface area contributed by atoms with Crippen molar-refractivity contribution in [3.05, 3.63) is 64.1 Å². The molecule has 0 atom stereocenters. The van der Waals surface area contributed by atoms with Gasteiger partial charge in [-0.05, 0) is 38.1 Å². The van der Waals surface area contributed by atoms with Crippen LogP contribution in [0.1, 0.15) is 17.1 Å². The van der Waals surface area contributed by atoms with E-state index >= 15 is 0 Å². The van der Waals surface area contributed by atoms with E-state index in [0.29, 0.717) is 11.7 Å². The van der Waals surface area contributed by atoms with Crippen molar-refractivity contribution < 1.29 is 4.42 Å². The van der Waals surface area contributed by atoms with Gasteiger partial charge >= 0.3 is 0 Å². The van der Waals surface area contributed by atoms with Crippen LogP contribution in [0.2, 0.25) is 0 Å². The average Bonchev–Trinajstić information content (AvgIpc) is 2.95. The summed E-state index contributed by atoms with van der Waals surface area (Å²) in [6.07, 6.45) is 1.60. The number of hydrogen-bond donors (Lipinski definition) is 1. The molecule has 0 radical (unpaired) electrons. The summed E-state index contributed by atoms with van der Waals surface area (Å²) in [5.41, 5.74) is 5.60. The van der Waals surface area contributed by atoms with Gasteiger partial charge in [0.2, 0.25) is 5.95 Å². The summed E-state index contributed by atoms with van der Waals surface area (Å²) in [6, 6.07) is 13.6. The summed E-state index contributed by atoms with van der Waals surface area (Å²) >= 11 is 3.52. The van der Waals surface area contributed by atoms with E-state index in [1.165, 1.54) is 0 Å². The molecule has 6 heteroatoms. The van der Waals surface area contributed by atoms with E-state index in [4.69, 9.17) is 4.42 Å². The van der Waals surface area contributed by atoms with Crippen molar-refractivity contribution in [3.8, 4) is 11.3 Å². The standard InChI is InChI=1S/C17H15BrN4O/c1-11-9-12(2)21-17(20-11)22-19-10-13-7-8-16(23-13)14-5-3-4-6-15(14)18/h3-10H,1-2H3,(H,20,21,22). The second-order valence-electron chi connectivity index (χ2n) is 5.03. The maximum atomic E-state index is 5.78. The van der Waals surface area contributed by atoms with Crippen LogP contribution in [-0.2, 0) is 0 Å². The monoisotopic (exact) mass is 370 g/mol. The highest BCUT2D eigenvalue weighted by molar-refractivity contribution is 9.10. The molecule has 2 heterocycles. The predicted octanol–water partition coefficient (Wildman–Crippen LogP) is 4.56. The zero-order chi connectivity index (χ0) is 16.2. The molecule has 0 aliphatic heterocycles. The Labute approximate surface area is 142 Å². The highest BCUT2D eigenvalue weighted by atomic mass is 79.9. The number of hydrazone groups is 1. The quantitative estimate of drug-likeness (QED) is 0.539. The summed E-state index contributed by atoms with van der Waals surface area (Å²) in [4.78, 5) is 8.51. The van der Waals surface area contributed by atoms with Crippen LogP contribution in [0.4, 0.5) is 5.95 Å². The average molecular weight is 371 g/mol. The molecular weight excluding hydrogens is 356 g/mol. The van der Waals surface area contributed by atoms with Crippen molar-refractivity contribution in [2.24, 2.45) is 5.10 Å². The van der Waals surface area contributed by atoms with E-state index in [0.717, 1.165) is 27.2 Å². The molecule has 1 N–H and O–H groups in total. The van der Waals surface area contributed by atoms with Crippen LogP contribution in [0.3, 0.4) is 0 Å². The van der Waals surface area contributed by atoms with Crippen LogP contribution >= 0.6 is 15.9 Å². The van der Waals surface area contributed by atoms with Crippen molar-refractivity contribution >= 4 is 28.1 Å². The van der Waals surface area contributed by atoms with Gasteiger partial charge in [-0.15, -0.1) is 0 Å². The first-order chi connectivity index (χ1) is 11.1. The minimum atomic E-state index is 0.469. The van der Waals surface area contributed by atoms with Crippen LogP contribution < -0.4 is 5.43 Å². The molecule has 0 aliphatic rings. The molecule has 0 spiro atoms. The molecule has 0 aliphatic carbocycles.